The summed E-state index contributed by atoms with van der Waals surface area (Å²) < 4.78 is 91.9. The Balaban J connectivity index is 0.000000199. The van der Waals surface area contributed by atoms with Crippen molar-refractivity contribution in [3.63, 3.8) is 0 Å². The number of aromatic amines is 1. The Morgan fingerprint density at radius 1 is 0.765 bits per heavy atom. The van der Waals surface area contributed by atoms with Crippen LogP contribution in [0.4, 0.5) is 26.3 Å². The van der Waals surface area contributed by atoms with Gasteiger partial charge >= 0.3 is 12.4 Å². The summed E-state index contributed by atoms with van der Waals surface area (Å²) in [7, 11) is 0. The highest BCUT2D eigenvalue weighted by atomic mass is 79.9. The van der Waals surface area contributed by atoms with E-state index in [1.54, 1.807) is 32.3 Å². The number of ether oxygens (including phenoxy) is 2. The zero-order valence-electron chi connectivity index (χ0n) is 26.7. The van der Waals surface area contributed by atoms with Gasteiger partial charge in [0.1, 0.15) is 34.7 Å². The second-order valence-electron chi connectivity index (χ2n) is 10.5. The number of aromatic nitrogens is 6. The molecule has 0 aliphatic rings. The van der Waals surface area contributed by atoms with E-state index >= 15 is 0 Å². The lowest BCUT2D eigenvalue weighted by molar-refractivity contribution is -0.139. The van der Waals surface area contributed by atoms with Gasteiger partial charge in [-0.1, -0.05) is 15.9 Å². The fourth-order valence-corrected chi connectivity index (χ4v) is 5.49. The van der Waals surface area contributed by atoms with Crippen LogP contribution in [0, 0.1) is 22.7 Å². The first-order valence-electron chi connectivity index (χ1n) is 15.1. The van der Waals surface area contributed by atoms with Crippen LogP contribution in [0.1, 0.15) is 36.4 Å². The largest absolute Gasteiger partial charge is 0.493 e. The minimum Gasteiger partial charge on any atom is -0.493 e. The van der Waals surface area contributed by atoms with E-state index in [0.717, 1.165) is 12.1 Å². The van der Waals surface area contributed by atoms with E-state index in [9.17, 15) is 31.6 Å². The quantitative estimate of drug-likeness (QED) is 0.120. The lowest BCUT2D eigenvalue weighted by Gasteiger charge is -2.14. The number of nitrogens with one attached hydrogen (secondary N) is 1. The van der Waals surface area contributed by atoms with Gasteiger partial charge in [-0.25, -0.2) is 19.9 Å². The Hall–Kier alpha value is -5.68. The van der Waals surface area contributed by atoms with E-state index in [1.165, 1.54) is 30.6 Å². The molecule has 262 valence electrons. The third-order valence-electron chi connectivity index (χ3n) is 7.31. The molecule has 0 radical (unpaired) electrons. The maximum absolute atomic E-state index is 13.4. The summed E-state index contributed by atoms with van der Waals surface area (Å²) in [4.78, 5) is 19.3. The number of nitriles is 2. The molecule has 2 aromatic carbocycles. The second-order valence-corrected chi connectivity index (χ2v) is 11.3. The van der Waals surface area contributed by atoms with Crippen molar-refractivity contribution in [1.82, 2.24) is 29.5 Å². The Morgan fingerprint density at radius 3 is 1.78 bits per heavy atom. The number of fused-ring (bicyclic) bond motifs is 2. The molecule has 0 aliphatic carbocycles. The monoisotopic (exact) mass is 770 g/mol. The number of H-pyrrole nitrogens is 1. The number of hydrogen-bond donors (Lipinski definition) is 1. The van der Waals surface area contributed by atoms with Crippen LogP contribution in [0.3, 0.4) is 0 Å². The molecule has 4 aromatic heterocycles. The average Bonchev–Trinajstić information content (AvgIpc) is 3.75. The molecule has 0 spiro atoms. The Morgan fingerprint density at radius 2 is 1.29 bits per heavy atom. The predicted octanol–water partition coefficient (Wildman–Crippen LogP) is 8.70. The molecule has 51 heavy (non-hydrogen) atoms. The van der Waals surface area contributed by atoms with Crippen LogP contribution in [-0.2, 0) is 18.9 Å². The minimum absolute atomic E-state index is 0.0474. The summed E-state index contributed by atoms with van der Waals surface area (Å²) in [5, 5.41) is 19.2. The average molecular weight is 772 g/mol. The van der Waals surface area contributed by atoms with Crippen molar-refractivity contribution in [1.29, 1.82) is 10.5 Å². The standard InChI is InChI=1S/C18H14BrF3N4O.C16H11F3N4O/c1-2-27-16-4-3-11(7-12(16)18(20,21)22)13-8-15-17(14(9-23)25-13)24-10-26(15)6-5-19;1-2-24-14-4-3-9(5-10(14)16(17,18)19)11-6-12-15(22-8-21-12)13(7-20)23-11/h3-4,7-8,10H,2,5-6H2,1H3;3-6,8H,2H2,1H3,(H,21,22). The van der Waals surface area contributed by atoms with Crippen molar-refractivity contribution in [2.75, 3.05) is 18.5 Å². The molecule has 17 heteroatoms. The first kappa shape index (κ1) is 36.6. The van der Waals surface area contributed by atoms with Gasteiger partial charge < -0.3 is 19.0 Å². The number of rotatable bonds is 8. The normalized spacial score (nSPS) is 11.5. The molecule has 0 saturated heterocycles. The van der Waals surface area contributed by atoms with Crippen LogP contribution in [0.25, 0.3) is 44.6 Å². The van der Waals surface area contributed by atoms with Gasteiger partial charge in [0.25, 0.3) is 0 Å². The second kappa shape index (κ2) is 15.1. The van der Waals surface area contributed by atoms with Crippen LogP contribution < -0.4 is 9.47 Å². The molecule has 6 rings (SSSR count). The Kier molecular flexibility index (Phi) is 10.8. The highest BCUT2D eigenvalue weighted by Crippen LogP contribution is 2.40. The fraction of sp³-hybridized carbons (Fsp3) is 0.235. The fourth-order valence-electron chi connectivity index (χ4n) is 5.11. The molecule has 4 heterocycles. The third kappa shape index (κ3) is 7.89. The molecule has 1 N–H and O–H groups in total. The van der Waals surface area contributed by atoms with E-state index in [2.05, 4.69) is 40.8 Å². The van der Waals surface area contributed by atoms with Gasteiger partial charge in [0, 0.05) is 23.0 Å². The third-order valence-corrected chi connectivity index (χ3v) is 7.67. The summed E-state index contributed by atoms with van der Waals surface area (Å²) in [6.07, 6.45) is -6.15. The van der Waals surface area contributed by atoms with E-state index in [-0.39, 0.29) is 58.6 Å². The minimum atomic E-state index is -4.57. The Bertz CT molecular complexity index is 2290. The van der Waals surface area contributed by atoms with Gasteiger partial charge in [-0.3, -0.25) is 0 Å². The van der Waals surface area contributed by atoms with Crippen LogP contribution in [-0.4, -0.2) is 48.0 Å². The van der Waals surface area contributed by atoms with Crippen LogP contribution in [0.15, 0.2) is 61.2 Å². The lowest BCUT2D eigenvalue weighted by Crippen LogP contribution is -2.09. The molecular formula is C34H25BrF6N8O2. The van der Waals surface area contributed by atoms with Gasteiger partial charge in [-0.15, -0.1) is 0 Å². The molecule has 0 atom stereocenters. The van der Waals surface area contributed by atoms with Crippen molar-refractivity contribution in [3.8, 4) is 46.2 Å². The number of hydrogen-bond acceptors (Lipinski definition) is 8. The van der Waals surface area contributed by atoms with Gasteiger partial charge in [0.15, 0.2) is 11.4 Å². The SMILES string of the molecule is CCOc1ccc(-c2cc3[nH]cnc3c(C#N)n2)cc1C(F)(F)F.CCOc1ccc(-c2cc3c(ncn3CCBr)c(C#N)n2)cc1C(F)(F)F. The van der Waals surface area contributed by atoms with E-state index < -0.39 is 23.5 Å². The van der Waals surface area contributed by atoms with Crippen molar-refractivity contribution in [3.05, 3.63) is 83.7 Å². The molecule has 10 nitrogen and oxygen atoms in total. The van der Waals surface area contributed by atoms with Crippen molar-refractivity contribution in [2.45, 2.75) is 32.7 Å². The number of alkyl halides is 7. The number of benzene rings is 2. The van der Waals surface area contributed by atoms with Crippen LogP contribution in [0.5, 0.6) is 11.5 Å². The first-order chi connectivity index (χ1) is 24.3. The smallest absolute Gasteiger partial charge is 0.419 e. The summed E-state index contributed by atoms with van der Waals surface area (Å²) in [5.74, 6) is -0.475. The molecule has 0 fully saturated rings. The number of pyridine rings is 2. The first-order valence-corrected chi connectivity index (χ1v) is 16.2. The maximum Gasteiger partial charge on any atom is 0.419 e. The molecule has 0 saturated carbocycles. The number of aryl methyl sites for hydroxylation is 1. The van der Waals surface area contributed by atoms with Crippen molar-refractivity contribution in [2.24, 2.45) is 0 Å². The zero-order chi connectivity index (χ0) is 36.9. The van der Waals surface area contributed by atoms with E-state index in [0.29, 0.717) is 33.9 Å². The summed E-state index contributed by atoms with van der Waals surface area (Å²) in [6, 6.07) is 14.5. The summed E-state index contributed by atoms with van der Waals surface area (Å²) >= 11 is 3.34. The highest BCUT2D eigenvalue weighted by Gasteiger charge is 2.36. The highest BCUT2D eigenvalue weighted by molar-refractivity contribution is 9.09. The molecule has 6 aromatic rings. The van der Waals surface area contributed by atoms with Gasteiger partial charge in [-0.2, -0.15) is 36.9 Å². The molecular weight excluding hydrogens is 746 g/mol. The Labute approximate surface area is 294 Å². The topological polar surface area (TPSA) is 138 Å². The molecule has 0 aliphatic heterocycles. The van der Waals surface area contributed by atoms with Crippen LogP contribution >= 0.6 is 15.9 Å². The molecule has 0 amide bonds. The van der Waals surface area contributed by atoms with Gasteiger partial charge in [0.05, 0.1) is 59.4 Å². The van der Waals surface area contributed by atoms with Crippen molar-refractivity contribution >= 4 is 38.0 Å². The molecule has 0 unspecified atom stereocenters. The van der Waals surface area contributed by atoms with Gasteiger partial charge in [-0.05, 0) is 62.4 Å². The van der Waals surface area contributed by atoms with Gasteiger partial charge in [0.2, 0.25) is 0 Å². The number of halogens is 7. The summed E-state index contributed by atoms with van der Waals surface area (Å²) in [6.45, 7) is 4.08. The van der Waals surface area contributed by atoms with E-state index in [4.69, 9.17) is 14.7 Å². The van der Waals surface area contributed by atoms with Crippen molar-refractivity contribution < 1.29 is 35.8 Å². The summed E-state index contributed by atoms with van der Waals surface area (Å²) in [5.41, 5.74) is 1.31. The van der Waals surface area contributed by atoms with Crippen LogP contribution in [0.2, 0.25) is 0 Å². The number of nitrogens with zero attached hydrogens (tertiary/aromatic N) is 7. The maximum atomic E-state index is 13.4. The lowest BCUT2D eigenvalue weighted by atomic mass is 10.1. The predicted molar refractivity (Wildman–Crippen MR) is 178 cm³/mol. The zero-order valence-corrected chi connectivity index (χ0v) is 28.3. The molecule has 0 bridgehead atoms. The van der Waals surface area contributed by atoms with E-state index in [1.807, 2.05) is 16.7 Å². The number of imidazole rings is 2.